The minimum Gasteiger partial charge on any atom is -0.456 e. The van der Waals surface area contributed by atoms with E-state index in [0.717, 1.165) is 30.2 Å². The lowest BCUT2D eigenvalue weighted by Crippen LogP contribution is -2.21. The van der Waals surface area contributed by atoms with Gasteiger partial charge < -0.3 is 9.64 Å². The fourth-order valence-electron chi connectivity index (χ4n) is 2.73. The quantitative estimate of drug-likeness (QED) is 0.581. The maximum atomic E-state index is 12.3. The molecule has 0 aliphatic rings. The van der Waals surface area contributed by atoms with Crippen LogP contribution in [0.4, 0.5) is 5.69 Å². The van der Waals surface area contributed by atoms with Gasteiger partial charge >= 0.3 is 5.97 Å². The van der Waals surface area contributed by atoms with Gasteiger partial charge in [0.25, 0.3) is 5.56 Å². The molecule has 27 heavy (non-hydrogen) atoms. The second kappa shape index (κ2) is 8.30. The number of nitrogens with zero attached hydrogens (tertiary/aromatic N) is 4. The normalized spacial score (nSPS) is 10.9. The predicted molar refractivity (Wildman–Crippen MR) is 106 cm³/mol. The topological polar surface area (TPSA) is 76.8 Å². The van der Waals surface area contributed by atoms with Crippen molar-refractivity contribution in [2.45, 2.75) is 33.8 Å². The molecular formula is C19H22N4O3S. The summed E-state index contributed by atoms with van der Waals surface area (Å²) in [6.45, 7) is 7.90. The summed E-state index contributed by atoms with van der Waals surface area (Å²) in [5.74, 6) is -0.443. The van der Waals surface area contributed by atoms with Gasteiger partial charge in [0.2, 0.25) is 4.96 Å². The Morgan fingerprint density at radius 3 is 2.52 bits per heavy atom. The van der Waals surface area contributed by atoms with Gasteiger partial charge in [-0.25, -0.2) is 9.78 Å². The van der Waals surface area contributed by atoms with E-state index in [1.54, 1.807) is 12.1 Å². The Morgan fingerprint density at radius 1 is 1.19 bits per heavy atom. The van der Waals surface area contributed by atoms with Crippen molar-refractivity contribution in [3.63, 3.8) is 0 Å². The standard InChI is InChI=1S/C19H22N4O3S/c1-4-16-21-23-17(24)11-14(20-19(23)27-16)12-26-18(25)13-7-9-15(10-8-13)22(5-2)6-3/h7-11H,4-6,12H2,1-3H3. The second-order valence-corrected chi connectivity index (χ2v) is 6.97. The Morgan fingerprint density at radius 2 is 1.89 bits per heavy atom. The van der Waals surface area contributed by atoms with Crippen LogP contribution in [-0.2, 0) is 17.8 Å². The highest BCUT2D eigenvalue weighted by Gasteiger charge is 2.12. The number of carbonyl (C=O) groups excluding carboxylic acids is 1. The van der Waals surface area contributed by atoms with E-state index in [0.29, 0.717) is 16.2 Å². The van der Waals surface area contributed by atoms with E-state index in [1.165, 1.54) is 21.9 Å². The number of ether oxygens (including phenoxy) is 1. The lowest BCUT2D eigenvalue weighted by atomic mass is 10.2. The molecule has 0 fully saturated rings. The summed E-state index contributed by atoms with van der Waals surface area (Å²) >= 11 is 1.36. The molecule has 0 aliphatic carbocycles. The third-order valence-corrected chi connectivity index (χ3v) is 5.28. The van der Waals surface area contributed by atoms with E-state index >= 15 is 0 Å². The first-order chi connectivity index (χ1) is 13.0. The third-order valence-electron chi connectivity index (χ3n) is 4.23. The average molecular weight is 386 g/mol. The Labute approximate surface area is 161 Å². The number of aromatic nitrogens is 3. The van der Waals surface area contributed by atoms with Crippen molar-refractivity contribution in [2.24, 2.45) is 0 Å². The maximum Gasteiger partial charge on any atom is 0.338 e. The van der Waals surface area contributed by atoms with Crippen molar-refractivity contribution in [1.82, 2.24) is 14.6 Å². The molecule has 2 heterocycles. The van der Waals surface area contributed by atoms with Crippen molar-refractivity contribution in [2.75, 3.05) is 18.0 Å². The van der Waals surface area contributed by atoms with Gasteiger partial charge in [-0.15, -0.1) is 0 Å². The van der Waals surface area contributed by atoms with Crippen LogP contribution in [0.2, 0.25) is 0 Å². The van der Waals surface area contributed by atoms with Crippen LogP contribution < -0.4 is 10.5 Å². The Kier molecular flexibility index (Phi) is 5.85. The zero-order valence-corrected chi connectivity index (χ0v) is 16.5. The monoisotopic (exact) mass is 386 g/mol. The molecule has 3 aromatic rings. The number of hydrogen-bond acceptors (Lipinski definition) is 7. The van der Waals surface area contributed by atoms with Crippen LogP contribution in [-0.4, -0.2) is 33.7 Å². The van der Waals surface area contributed by atoms with Crippen LogP contribution in [0.1, 0.15) is 41.8 Å². The molecule has 2 aromatic heterocycles. The molecule has 3 rings (SSSR count). The first-order valence-corrected chi connectivity index (χ1v) is 9.78. The zero-order valence-electron chi connectivity index (χ0n) is 15.6. The number of rotatable bonds is 7. The molecule has 0 unspecified atom stereocenters. The molecule has 0 spiro atoms. The van der Waals surface area contributed by atoms with Crippen molar-refractivity contribution < 1.29 is 9.53 Å². The molecular weight excluding hydrogens is 364 g/mol. The van der Waals surface area contributed by atoms with E-state index in [4.69, 9.17) is 4.74 Å². The Hall–Kier alpha value is -2.74. The van der Waals surface area contributed by atoms with Crippen LogP contribution in [0.3, 0.4) is 0 Å². The van der Waals surface area contributed by atoms with Gasteiger partial charge in [-0.2, -0.15) is 9.61 Å². The summed E-state index contributed by atoms with van der Waals surface area (Å²) in [7, 11) is 0. The van der Waals surface area contributed by atoms with E-state index in [1.807, 2.05) is 19.1 Å². The second-order valence-electron chi connectivity index (χ2n) is 5.92. The molecule has 8 heteroatoms. The van der Waals surface area contributed by atoms with Gasteiger partial charge in [-0.3, -0.25) is 4.79 Å². The van der Waals surface area contributed by atoms with E-state index in [-0.39, 0.29) is 12.2 Å². The largest absolute Gasteiger partial charge is 0.456 e. The summed E-state index contributed by atoms with van der Waals surface area (Å²) in [6.07, 6.45) is 0.737. The summed E-state index contributed by atoms with van der Waals surface area (Å²) < 4.78 is 6.60. The lowest BCUT2D eigenvalue weighted by Gasteiger charge is -2.20. The molecule has 0 amide bonds. The summed E-state index contributed by atoms with van der Waals surface area (Å²) in [5, 5.41) is 5.03. The van der Waals surface area contributed by atoms with Crippen LogP contribution in [0.25, 0.3) is 4.96 Å². The van der Waals surface area contributed by atoms with E-state index in [9.17, 15) is 9.59 Å². The van der Waals surface area contributed by atoms with Gasteiger partial charge in [0.15, 0.2) is 0 Å². The van der Waals surface area contributed by atoms with Crippen molar-refractivity contribution in [3.8, 4) is 0 Å². The molecule has 0 saturated carbocycles. The molecule has 1 aromatic carbocycles. The van der Waals surface area contributed by atoms with Gasteiger partial charge in [0, 0.05) is 24.8 Å². The molecule has 0 atom stereocenters. The minimum atomic E-state index is -0.443. The van der Waals surface area contributed by atoms with Crippen LogP contribution in [0, 0.1) is 0 Å². The number of esters is 1. The Bertz CT molecular complexity index is 990. The number of benzene rings is 1. The molecule has 7 nitrogen and oxygen atoms in total. The minimum absolute atomic E-state index is 0.0538. The van der Waals surface area contributed by atoms with Crippen LogP contribution >= 0.6 is 11.3 Å². The van der Waals surface area contributed by atoms with Crippen molar-refractivity contribution in [3.05, 3.63) is 57.0 Å². The summed E-state index contributed by atoms with van der Waals surface area (Å²) in [6, 6.07) is 8.66. The fraction of sp³-hybridized carbons (Fsp3) is 0.368. The molecule has 0 bridgehead atoms. The first-order valence-electron chi connectivity index (χ1n) is 8.96. The Balaban J connectivity index is 1.70. The number of anilines is 1. The highest BCUT2D eigenvalue weighted by Crippen LogP contribution is 2.16. The van der Waals surface area contributed by atoms with Crippen molar-refractivity contribution in [1.29, 1.82) is 0 Å². The first kappa shape index (κ1) is 19.0. The number of aryl methyl sites for hydroxylation is 1. The van der Waals surface area contributed by atoms with Gasteiger partial charge in [-0.05, 0) is 44.5 Å². The maximum absolute atomic E-state index is 12.3. The van der Waals surface area contributed by atoms with E-state index < -0.39 is 5.97 Å². The van der Waals surface area contributed by atoms with Crippen molar-refractivity contribution >= 4 is 28.0 Å². The molecule has 142 valence electrons. The number of hydrogen-bond donors (Lipinski definition) is 0. The van der Waals surface area contributed by atoms with Crippen LogP contribution in [0.5, 0.6) is 0 Å². The highest BCUT2D eigenvalue weighted by molar-refractivity contribution is 7.16. The molecule has 0 N–H and O–H groups in total. The average Bonchev–Trinajstić information content (AvgIpc) is 3.11. The predicted octanol–water partition coefficient (Wildman–Crippen LogP) is 2.92. The van der Waals surface area contributed by atoms with E-state index in [2.05, 4.69) is 28.8 Å². The van der Waals surface area contributed by atoms with Crippen LogP contribution in [0.15, 0.2) is 35.1 Å². The number of fused-ring (bicyclic) bond motifs is 1. The van der Waals surface area contributed by atoms with Gasteiger partial charge in [-0.1, -0.05) is 18.3 Å². The molecule has 0 radical (unpaired) electrons. The van der Waals surface area contributed by atoms with Gasteiger partial charge in [0.05, 0.1) is 11.3 Å². The molecule has 0 aliphatic heterocycles. The lowest BCUT2D eigenvalue weighted by molar-refractivity contribution is 0.0468. The SMILES string of the molecule is CCc1nn2c(=O)cc(COC(=O)c3ccc(N(CC)CC)cc3)nc2s1. The summed E-state index contributed by atoms with van der Waals surface area (Å²) in [5.41, 5.74) is 1.67. The number of carbonyl (C=O) groups is 1. The molecule has 0 saturated heterocycles. The fourth-order valence-corrected chi connectivity index (χ4v) is 3.59. The zero-order chi connectivity index (χ0) is 19.4. The summed E-state index contributed by atoms with van der Waals surface area (Å²) in [4.78, 5) is 31.5. The smallest absolute Gasteiger partial charge is 0.338 e. The highest BCUT2D eigenvalue weighted by atomic mass is 32.1. The third kappa shape index (κ3) is 4.16. The van der Waals surface area contributed by atoms with Gasteiger partial charge in [0.1, 0.15) is 11.6 Å².